The number of hydrogen-bond acceptors (Lipinski definition) is 2. The second-order valence-electron chi connectivity index (χ2n) is 2.35. The molecule has 2 heteroatoms. The Morgan fingerprint density at radius 1 is 1.40 bits per heavy atom. The van der Waals surface area contributed by atoms with Crippen molar-refractivity contribution in [3.63, 3.8) is 0 Å². The first kappa shape index (κ1) is 9.34. The minimum absolute atomic E-state index is 0.0833. The lowest BCUT2D eigenvalue weighted by Gasteiger charge is -2.06. The molecule has 0 rings (SSSR count). The van der Waals surface area contributed by atoms with Crippen LogP contribution in [0.25, 0.3) is 0 Å². The third-order valence-corrected chi connectivity index (χ3v) is 1.73. The van der Waals surface area contributed by atoms with E-state index < -0.39 is 0 Å². The molecule has 2 nitrogen and oxygen atoms in total. The Labute approximate surface area is 61.6 Å². The minimum Gasteiger partial charge on any atom is -0.303 e. The monoisotopic (exact) mass is 142 g/mol. The van der Waals surface area contributed by atoms with E-state index in [-0.39, 0.29) is 18.1 Å². The first-order valence-electron chi connectivity index (χ1n) is 3.72. The molecule has 0 saturated carbocycles. The van der Waals surface area contributed by atoms with Crippen molar-refractivity contribution in [2.75, 3.05) is 0 Å². The molecule has 0 unspecified atom stereocenters. The number of rotatable bonds is 5. The maximum atomic E-state index is 11.0. The molecule has 0 saturated heterocycles. The molecule has 0 aliphatic heterocycles. The Bertz CT molecular complexity index is 114. The number of Topliss-reactive ketones (excluding diaryl/α,β-unsaturated/α-hetero) is 1. The standard InChI is InChI=1S/C8H14O2/c1-3-7(4-2)8(10)5-6-9/h6-7H,3-5H2,1-2H3. The Kier molecular flexibility index (Phi) is 4.81. The molecule has 0 radical (unpaired) electrons. The average molecular weight is 142 g/mol. The summed E-state index contributed by atoms with van der Waals surface area (Å²) in [5, 5.41) is 0. The van der Waals surface area contributed by atoms with Crippen LogP contribution in [0.5, 0.6) is 0 Å². The molecular formula is C8H14O2. The van der Waals surface area contributed by atoms with E-state index in [0.717, 1.165) is 12.8 Å². The van der Waals surface area contributed by atoms with E-state index >= 15 is 0 Å². The first-order valence-corrected chi connectivity index (χ1v) is 3.72. The molecule has 0 bridgehead atoms. The van der Waals surface area contributed by atoms with Crippen LogP contribution in [0.3, 0.4) is 0 Å². The number of ketones is 1. The number of hydrogen-bond donors (Lipinski definition) is 0. The van der Waals surface area contributed by atoms with Crippen molar-refractivity contribution >= 4 is 12.1 Å². The van der Waals surface area contributed by atoms with Crippen LogP contribution in [0.1, 0.15) is 33.1 Å². The molecule has 0 aliphatic rings. The van der Waals surface area contributed by atoms with Crippen LogP contribution >= 0.6 is 0 Å². The SMILES string of the molecule is CCC(CC)C(=O)CC=O. The molecule has 0 amide bonds. The highest BCUT2D eigenvalue weighted by atomic mass is 16.1. The molecule has 10 heavy (non-hydrogen) atoms. The quantitative estimate of drug-likeness (QED) is 0.431. The fourth-order valence-corrected chi connectivity index (χ4v) is 0.993. The third-order valence-electron chi connectivity index (χ3n) is 1.73. The van der Waals surface area contributed by atoms with Crippen molar-refractivity contribution < 1.29 is 9.59 Å². The number of aldehydes is 1. The van der Waals surface area contributed by atoms with E-state index in [1.165, 1.54) is 0 Å². The van der Waals surface area contributed by atoms with Crippen LogP contribution in [0, 0.1) is 5.92 Å². The summed E-state index contributed by atoms with van der Waals surface area (Å²) in [4.78, 5) is 20.9. The van der Waals surface area contributed by atoms with Crippen LogP contribution in [0.2, 0.25) is 0 Å². The Balaban J connectivity index is 3.76. The van der Waals surface area contributed by atoms with Crippen molar-refractivity contribution in [2.24, 2.45) is 5.92 Å². The maximum absolute atomic E-state index is 11.0. The highest BCUT2D eigenvalue weighted by molar-refractivity contribution is 5.91. The summed E-state index contributed by atoms with van der Waals surface area (Å²) in [5.74, 6) is 0.185. The van der Waals surface area contributed by atoms with Gasteiger partial charge in [-0.05, 0) is 12.8 Å². The van der Waals surface area contributed by atoms with Crippen molar-refractivity contribution in [1.29, 1.82) is 0 Å². The van der Waals surface area contributed by atoms with E-state index in [2.05, 4.69) is 0 Å². The lowest BCUT2D eigenvalue weighted by Crippen LogP contribution is -2.12. The number of carbonyl (C=O) groups is 2. The Morgan fingerprint density at radius 2 is 1.90 bits per heavy atom. The van der Waals surface area contributed by atoms with Crippen LogP contribution in [-0.4, -0.2) is 12.1 Å². The molecular weight excluding hydrogens is 128 g/mol. The van der Waals surface area contributed by atoms with Crippen LogP contribution < -0.4 is 0 Å². The predicted molar refractivity (Wildman–Crippen MR) is 39.8 cm³/mol. The van der Waals surface area contributed by atoms with Gasteiger partial charge in [0.05, 0.1) is 6.42 Å². The summed E-state index contributed by atoms with van der Waals surface area (Å²) in [6.45, 7) is 3.94. The Hall–Kier alpha value is -0.660. The molecule has 0 aromatic heterocycles. The normalized spacial score (nSPS) is 9.90. The smallest absolute Gasteiger partial charge is 0.143 e. The molecule has 0 atom stereocenters. The van der Waals surface area contributed by atoms with Gasteiger partial charge in [0.2, 0.25) is 0 Å². The fraction of sp³-hybridized carbons (Fsp3) is 0.750. The van der Waals surface area contributed by atoms with E-state index in [9.17, 15) is 9.59 Å². The van der Waals surface area contributed by atoms with Gasteiger partial charge in [-0.1, -0.05) is 13.8 Å². The zero-order valence-corrected chi connectivity index (χ0v) is 6.59. The van der Waals surface area contributed by atoms with Gasteiger partial charge in [-0.2, -0.15) is 0 Å². The Morgan fingerprint density at radius 3 is 2.20 bits per heavy atom. The summed E-state index contributed by atoms with van der Waals surface area (Å²) in [7, 11) is 0. The highest BCUT2D eigenvalue weighted by Gasteiger charge is 2.12. The highest BCUT2D eigenvalue weighted by Crippen LogP contribution is 2.09. The van der Waals surface area contributed by atoms with Gasteiger partial charge >= 0.3 is 0 Å². The minimum atomic E-state index is 0.0833. The van der Waals surface area contributed by atoms with Crippen molar-refractivity contribution in [2.45, 2.75) is 33.1 Å². The van der Waals surface area contributed by atoms with Gasteiger partial charge in [-0.15, -0.1) is 0 Å². The summed E-state index contributed by atoms with van der Waals surface area (Å²) in [5.41, 5.74) is 0. The largest absolute Gasteiger partial charge is 0.303 e. The summed E-state index contributed by atoms with van der Waals surface area (Å²) < 4.78 is 0. The molecule has 58 valence electrons. The van der Waals surface area contributed by atoms with Gasteiger partial charge in [-0.25, -0.2) is 0 Å². The number of carbonyl (C=O) groups excluding carboxylic acids is 2. The van der Waals surface area contributed by atoms with Crippen molar-refractivity contribution in [1.82, 2.24) is 0 Å². The lowest BCUT2D eigenvalue weighted by molar-refractivity contribution is -0.125. The summed E-state index contributed by atoms with van der Waals surface area (Å²) in [6, 6.07) is 0. The summed E-state index contributed by atoms with van der Waals surface area (Å²) >= 11 is 0. The van der Waals surface area contributed by atoms with Gasteiger partial charge in [0.15, 0.2) is 0 Å². The molecule has 0 aliphatic carbocycles. The van der Waals surface area contributed by atoms with Crippen LogP contribution in [-0.2, 0) is 9.59 Å². The van der Waals surface area contributed by atoms with Gasteiger partial charge in [0, 0.05) is 5.92 Å². The van der Waals surface area contributed by atoms with Gasteiger partial charge in [0.25, 0.3) is 0 Å². The maximum Gasteiger partial charge on any atom is 0.143 e. The van der Waals surface area contributed by atoms with Crippen LogP contribution in [0.15, 0.2) is 0 Å². The molecule has 0 spiro atoms. The van der Waals surface area contributed by atoms with E-state index in [4.69, 9.17) is 0 Å². The van der Waals surface area contributed by atoms with Gasteiger partial charge in [0.1, 0.15) is 12.1 Å². The van der Waals surface area contributed by atoms with Gasteiger partial charge in [-0.3, -0.25) is 4.79 Å². The zero-order chi connectivity index (χ0) is 7.98. The van der Waals surface area contributed by atoms with Crippen molar-refractivity contribution in [3.05, 3.63) is 0 Å². The molecule has 0 fully saturated rings. The van der Waals surface area contributed by atoms with E-state index in [1.54, 1.807) is 0 Å². The predicted octanol–water partition coefficient (Wildman–Crippen LogP) is 1.58. The van der Waals surface area contributed by atoms with Crippen LogP contribution in [0.4, 0.5) is 0 Å². The topological polar surface area (TPSA) is 34.1 Å². The average Bonchev–Trinajstić information content (AvgIpc) is 1.91. The second kappa shape index (κ2) is 5.15. The van der Waals surface area contributed by atoms with Gasteiger partial charge < -0.3 is 4.79 Å². The fourth-order valence-electron chi connectivity index (χ4n) is 0.993. The zero-order valence-electron chi connectivity index (χ0n) is 6.59. The molecule has 0 aromatic carbocycles. The summed E-state index contributed by atoms with van der Waals surface area (Å²) in [6.07, 6.45) is 2.47. The first-order chi connectivity index (χ1) is 4.76. The molecule has 0 N–H and O–H groups in total. The second-order valence-corrected chi connectivity index (χ2v) is 2.35. The lowest BCUT2D eigenvalue weighted by atomic mass is 9.97. The van der Waals surface area contributed by atoms with E-state index in [0.29, 0.717) is 6.29 Å². The molecule has 0 heterocycles. The molecule has 0 aromatic rings. The van der Waals surface area contributed by atoms with E-state index in [1.807, 2.05) is 13.8 Å². The van der Waals surface area contributed by atoms with Crippen molar-refractivity contribution in [3.8, 4) is 0 Å². The third kappa shape index (κ3) is 2.76.